The molecule has 0 unspecified atom stereocenters. The predicted molar refractivity (Wildman–Crippen MR) is 112 cm³/mol. The van der Waals surface area contributed by atoms with Gasteiger partial charge in [0.25, 0.3) is 0 Å². The molecule has 3 aromatic heterocycles. The Labute approximate surface area is 170 Å². The number of rotatable bonds is 3. The number of carbonyl (C=O) groups is 1. The Kier molecular flexibility index (Phi) is 4.94. The van der Waals surface area contributed by atoms with Crippen molar-refractivity contribution >= 4 is 17.3 Å². The van der Waals surface area contributed by atoms with Gasteiger partial charge in [-0.25, -0.2) is 9.31 Å². The van der Waals surface area contributed by atoms with Crippen molar-refractivity contribution in [2.24, 2.45) is 12.5 Å². The van der Waals surface area contributed by atoms with Crippen molar-refractivity contribution in [2.75, 3.05) is 37.7 Å². The first-order valence-corrected chi connectivity index (χ1v) is 9.93. The fraction of sp³-hybridized carbons (Fsp3) is 0.476. The Morgan fingerprint density at radius 1 is 1.03 bits per heavy atom. The Morgan fingerprint density at radius 3 is 2.45 bits per heavy atom. The lowest BCUT2D eigenvalue weighted by molar-refractivity contribution is 0.0708. The minimum Gasteiger partial charge on any atom is -0.449 e. The number of carbonyl (C=O) groups excluding carboxylic acids is 1. The summed E-state index contributed by atoms with van der Waals surface area (Å²) in [6.07, 6.45) is 7.54. The van der Waals surface area contributed by atoms with Crippen LogP contribution in [0.4, 0.5) is 10.5 Å². The Morgan fingerprint density at radius 2 is 1.79 bits per heavy atom. The van der Waals surface area contributed by atoms with Gasteiger partial charge in [0.2, 0.25) is 0 Å². The second kappa shape index (κ2) is 7.42. The Balaban J connectivity index is 1.43. The maximum atomic E-state index is 12.3. The van der Waals surface area contributed by atoms with E-state index in [9.17, 15) is 4.79 Å². The van der Waals surface area contributed by atoms with Gasteiger partial charge in [0.1, 0.15) is 0 Å². The number of pyridine rings is 1. The van der Waals surface area contributed by atoms with Crippen LogP contribution < -0.4 is 4.90 Å². The van der Waals surface area contributed by atoms with E-state index in [4.69, 9.17) is 4.74 Å². The van der Waals surface area contributed by atoms with Crippen molar-refractivity contribution in [2.45, 2.75) is 20.8 Å². The largest absolute Gasteiger partial charge is 0.449 e. The molecule has 4 rings (SSSR count). The predicted octanol–water partition coefficient (Wildman–Crippen LogP) is 3.04. The molecule has 3 aromatic rings. The van der Waals surface area contributed by atoms with Crippen LogP contribution in [-0.4, -0.2) is 63.2 Å². The van der Waals surface area contributed by atoms with Gasteiger partial charge in [-0.05, 0) is 11.5 Å². The molecule has 8 nitrogen and oxygen atoms in total. The zero-order valence-electron chi connectivity index (χ0n) is 17.5. The molecule has 0 atom stereocenters. The third-order valence-corrected chi connectivity index (χ3v) is 5.04. The van der Waals surface area contributed by atoms with E-state index < -0.39 is 0 Å². The van der Waals surface area contributed by atoms with Crippen molar-refractivity contribution < 1.29 is 9.53 Å². The molecule has 29 heavy (non-hydrogen) atoms. The standard InChI is InChI=1S/C21H28N6O2/c1-21(2,3)15-29-20(28)26-9-7-25(8-10-26)19-12-23-27-14-16(5-6-18(19)27)17-11-22-24(4)13-17/h5-6,11-14H,7-10,15H2,1-4H3. The second-order valence-corrected chi connectivity index (χ2v) is 8.77. The number of fused-ring (bicyclic) bond motifs is 1. The van der Waals surface area contributed by atoms with Gasteiger partial charge in [0.15, 0.2) is 0 Å². The maximum absolute atomic E-state index is 12.3. The summed E-state index contributed by atoms with van der Waals surface area (Å²) in [5.41, 5.74) is 4.26. The molecule has 0 bridgehead atoms. The quantitative estimate of drug-likeness (QED) is 0.681. The van der Waals surface area contributed by atoms with Crippen LogP contribution in [0.3, 0.4) is 0 Å². The first-order chi connectivity index (χ1) is 13.8. The van der Waals surface area contributed by atoms with Gasteiger partial charge in [0.05, 0.1) is 30.2 Å². The highest BCUT2D eigenvalue weighted by Crippen LogP contribution is 2.26. The fourth-order valence-corrected chi connectivity index (χ4v) is 3.45. The van der Waals surface area contributed by atoms with Gasteiger partial charge in [-0.3, -0.25) is 4.68 Å². The molecule has 0 aliphatic carbocycles. The van der Waals surface area contributed by atoms with Crippen LogP contribution in [0.1, 0.15) is 20.8 Å². The van der Waals surface area contributed by atoms with Crippen molar-refractivity contribution in [3.05, 3.63) is 36.9 Å². The molecule has 0 spiro atoms. The van der Waals surface area contributed by atoms with E-state index in [2.05, 4.69) is 48.0 Å². The number of hydrogen-bond donors (Lipinski definition) is 0. The SMILES string of the molecule is Cn1cc(-c2ccc3c(N4CCN(C(=O)OCC(C)(C)C)CC4)cnn3c2)cn1. The third-order valence-electron chi connectivity index (χ3n) is 5.04. The van der Waals surface area contributed by atoms with Gasteiger partial charge >= 0.3 is 6.09 Å². The number of nitrogens with zero attached hydrogens (tertiary/aromatic N) is 6. The molecule has 0 N–H and O–H groups in total. The normalized spacial score (nSPS) is 15.2. The molecule has 1 aliphatic rings. The summed E-state index contributed by atoms with van der Waals surface area (Å²) in [6.45, 7) is 9.42. The van der Waals surface area contributed by atoms with Gasteiger partial charge in [-0.2, -0.15) is 10.2 Å². The summed E-state index contributed by atoms with van der Waals surface area (Å²) in [7, 11) is 1.91. The van der Waals surface area contributed by atoms with Crippen LogP contribution in [0.25, 0.3) is 16.6 Å². The highest BCUT2D eigenvalue weighted by molar-refractivity contribution is 5.76. The molecular weight excluding hydrogens is 368 g/mol. The summed E-state index contributed by atoms with van der Waals surface area (Å²) in [5, 5.41) is 8.78. The molecule has 1 saturated heterocycles. The van der Waals surface area contributed by atoms with E-state index >= 15 is 0 Å². The van der Waals surface area contributed by atoms with E-state index in [0.717, 1.165) is 35.4 Å². The number of hydrogen-bond acceptors (Lipinski definition) is 5. The number of aryl methyl sites for hydroxylation is 1. The molecule has 8 heteroatoms. The topological polar surface area (TPSA) is 67.9 Å². The van der Waals surface area contributed by atoms with Crippen molar-refractivity contribution in [3.8, 4) is 11.1 Å². The van der Waals surface area contributed by atoms with Gasteiger partial charge < -0.3 is 14.5 Å². The van der Waals surface area contributed by atoms with Gasteiger partial charge in [-0.1, -0.05) is 26.8 Å². The fourth-order valence-electron chi connectivity index (χ4n) is 3.45. The van der Waals surface area contributed by atoms with Gasteiger partial charge in [0, 0.05) is 56.7 Å². The average Bonchev–Trinajstić information content (AvgIpc) is 3.31. The zero-order valence-corrected chi connectivity index (χ0v) is 17.5. The van der Waals surface area contributed by atoms with E-state index in [1.807, 2.05) is 36.4 Å². The summed E-state index contributed by atoms with van der Waals surface area (Å²) in [4.78, 5) is 16.3. The molecule has 0 radical (unpaired) electrons. The van der Waals surface area contributed by atoms with E-state index in [1.165, 1.54) is 0 Å². The van der Waals surface area contributed by atoms with Crippen LogP contribution in [0.15, 0.2) is 36.9 Å². The highest BCUT2D eigenvalue weighted by Gasteiger charge is 2.25. The molecular formula is C21H28N6O2. The van der Waals surface area contributed by atoms with Crippen LogP contribution in [0.2, 0.25) is 0 Å². The first kappa shape index (κ1) is 19.3. The summed E-state index contributed by atoms with van der Waals surface area (Å²) < 4.78 is 9.14. The summed E-state index contributed by atoms with van der Waals surface area (Å²) >= 11 is 0. The van der Waals surface area contributed by atoms with Crippen LogP contribution in [0.5, 0.6) is 0 Å². The van der Waals surface area contributed by atoms with Crippen molar-refractivity contribution in [1.29, 1.82) is 0 Å². The molecule has 0 aromatic carbocycles. The Bertz CT molecular complexity index is 1010. The smallest absolute Gasteiger partial charge is 0.409 e. The molecule has 1 amide bonds. The van der Waals surface area contributed by atoms with E-state index in [-0.39, 0.29) is 11.5 Å². The number of aromatic nitrogens is 4. The first-order valence-electron chi connectivity index (χ1n) is 9.93. The average molecular weight is 396 g/mol. The summed E-state index contributed by atoms with van der Waals surface area (Å²) in [5.74, 6) is 0. The number of anilines is 1. The van der Waals surface area contributed by atoms with E-state index in [0.29, 0.717) is 19.7 Å². The molecule has 154 valence electrons. The van der Waals surface area contributed by atoms with Crippen molar-refractivity contribution in [1.82, 2.24) is 24.3 Å². The van der Waals surface area contributed by atoms with Crippen LogP contribution >= 0.6 is 0 Å². The molecule has 1 aliphatic heterocycles. The number of ether oxygens (including phenoxy) is 1. The lowest BCUT2D eigenvalue weighted by Crippen LogP contribution is -2.49. The van der Waals surface area contributed by atoms with Gasteiger partial charge in [-0.15, -0.1) is 0 Å². The minimum atomic E-state index is -0.222. The van der Waals surface area contributed by atoms with E-state index in [1.54, 1.807) is 9.58 Å². The van der Waals surface area contributed by atoms with Crippen molar-refractivity contribution in [3.63, 3.8) is 0 Å². The zero-order chi connectivity index (χ0) is 20.6. The maximum Gasteiger partial charge on any atom is 0.409 e. The monoisotopic (exact) mass is 396 g/mol. The number of amides is 1. The van der Waals surface area contributed by atoms with Crippen LogP contribution in [-0.2, 0) is 11.8 Å². The minimum absolute atomic E-state index is 0.0246. The molecule has 1 fully saturated rings. The Hall–Kier alpha value is -3.03. The number of piperazine rings is 1. The third kappa shape index (κ3) is 4.21. The second-order valence-electron chi connectivity index (χ2n) is 8.77. The molecule has 4 heterocycles. The molecule has 0 saturated carbocycles. The highest BCUT2D eigenvalue weighted by atomic mass is 16.6. The summed E-state index contributed by atoms with van der Waals surface area (Å²) in [6, 6.07) is 4.19. The lowest BCUT2D eigenvalue weighted by Gasteiger charge is -2.35. The lowest BCUT2D eigenvalue weighted by atomic mass is 9.99. The van der Waals surface area contributed by atoms with Crippen LogP contribution in [0, 0.1) is 5.41 Å².